The lowest BCUT2D eigenvalue weighted by Crippen LogP contribution is -2.39. The van der Waals surface area contributed by atoms with Crippen molar-refractivity contribution in [2.45, 2.75) is 58.8 Å². The molecule has 0 aromatic carbocycles. The zero-order chi connectivity index (χ0) is 14.1. The third-order valence-electron chi connectivity index (χ3n) is 4.65. The summed E-state index contributed by atoms with van der Waals surface area (Å²) in [5, 5.41) is 9.23. The summed E-state index contributed by atoms with van der Waals surface area (Å²) in [6.07, 6.45) is 7.96. The third kappa shape index (κ3) is 6.16. The van der Waals surface area contributed by atoms with Gasteiger partial charge in [0.2, 0.25) is 0 Å². The van der Waals surface area contributed by atoms with Crippen LogP contribution in [0, 0.1) is 5.41 Å². The molecular formula is C15H32IN3O. The Hall–Kier alpha value is -0.0400. The predicted octanol–water partition coefficient (Wildman–Crippen LogP) is 2.98. The summed E-state index contributed by atoms with van der Waals surface area (Å²) in [5.74, 6) is 0.700. The van der Waals surface area contributed by atoms with Crippen molar-refractivity contribution in [3.63, 3.8) is 0 Å². The summed E-state index contributed by atoms with van der Waals surface area (Å²) in [5.41, 5.74) is 6.26. The van der Waals surface area contributed by atoms with Gasteiger partial charge in [-0.1, -0.05) is 26.7 Å². The Kier molecular flexibility index (Phi) is 10.6. The van der Waals surface area contributed by atoms with Crippen LogP contribution in [0.3, 0.4) is 0 Å². The lowest BCUT2D eigenvalue weighted by molar-refractivity contribution is 0.175. The highest BCUT2D eigenvalue weighted by Crippen LogP contribution is 2.30. The highest BCUT2D eigenvalue weighted by molar-refractivity contribution is 14.0. The van der Waals surface area contributed by atoms with Crippen LogP contribution in [0.1, 0.15) is 58.8 Å². The van der Waals surface area contributed by atoms with E-state index in [0.717, 1.165) is 38.9 Å². The molecule has 0 aromatic rings. The second kappa shape index (κ2) is 10.7. The van der Waals surface area contributed by atoms with Gasteiger partial charge in [0.25, 0.3) is 0 Å². The number of hydrogen-bond donors (Lipinski definition) is 2. The highest BCUT2D eigenvalue weighted by atomic mass is 127. The minimum absolute atomic E-state index is 0. The fourth-order valence-electron chi connectivity index (χ4n) is 2.79. The Balaban J connectivity index is 0.00000361. The summed E-state index contributed by atoms with van der Waals surface area (Å²) in [6.45, 7) is 7.42. The van der Waals surface area contributed by atoms with Crippen LogP contribution >= 0.6 is 24.0 Å². The van der Waals surface area contributed by atoms with Crippen LogP contribution in [0.15, 0.2) is 4.99 Å². The Bertz CT molecular complexity index is 272. The number of nitrogens with two attached hydrogens (primary N) is 1. The number of guanidine groups is 1. The van der Waals surface area contributed by atoms with Gasteiger partial charge in [-0.15, -0.1) is 24.0 Å². The van der Waals surface area contributed by atoms with Crippen LogP contribution in [0.2, 0.25) is 0 Å². The van der Waals surface area contributed by atoms with Crippen LogP contribution in [-0.2, 0) is 0 Å². The summed E-state index contributed by atoms with van der Waals surface area (Å²) >= 11 is 0. The molecule has 0 aliphatic carbocycles. The van der Waals surface area contributed by atoms with Gasteiger partial charge in [-0.25, -0.2) is 0 Å². The van der Waals surface area contributed by atoms with Gasteiger partial charge in [-0.3, -0.25) is 4.99 Å². The average molecular weight is 397 g/mol. The molecular weight excluding hydrogens is 365 g/mol. The lowest BCUT2D eigenvalue weighted by atomic mass is 9.79. The number of nitrogens with zero attached hydrogens (tertiary/aromatic N) is 2. The smallest absolute Gasteiger partial charge is 0.191 e. The normalized spacial score (nSPS) is 17.6. The molecule has 0 saturated carbocycles. The molecule has 120 valence electrons. The molecule has 0 amide bonds. The first kappa shape index (κ1) is 20.0. The van der Waals surface area contributed by atoms with Crippen molar-refractivity contribution < 1.29 is 5.11 Å². The molecule has 1 saturated heterocycles. The molecule has 0 aromatic heterocycles. The Labute approximate surface area is 141 Å². The second-order valence-electron chi connectivity index (χ2n) is 5.76. The molecule has 0 spiro atoms. The van der Waals surface area contributed by atoms with Crippen molar-refractivity contribution in [3.8, 4) is 0 Å². The first-order valence-corrected chi connectivity index (χ1v) is 7.83. The monoisotopic (exact) mass is 397 g/mol. The fourth-order valence-corrected chi connectivity index (χ4v) is 2.79. The summed E-state index contributed by atoms with van der Waals surface area (Å²) in [4.78, 5) is 6.86. The zero-order valence-electron chi connectivity index (χ0n) is 13.1. The largest absolute Gasteiger partial charge is 0.396 e. The van der Waals surface area contributed by atoms with E-state index in [1.807, 2.05) is 0 Å². The van der Waals surface area contributed by atoms with Crippen molar-refractivity contribution in [3.05, 3.63) is 0 Å². The highest BCUT2D eigenvalue weighted by Gasteiger charge is 2.25. The number of likely N-dealkylation sites (tertiary alicyclic amines) is 1. The van der Waals surface area contributed by atoms with Crippen molar-refractivity contribution in [2.75, 3.05) is 26.2 Å². The van der Waals surface area contributed by atoms with E-state index >= 15 is 0 Å². The van der Waals surface area contributed by atoms with E-state index in [9.17, 15) is 5.11 Å². The SMILES string of the molecule is CCC(CC)(CCO)CN=C(N)N1CCCCCC1.I. The number of halogens is 1. The first-order chi connectivity index (χ1) is 9.17. The van der Waals surface area contributed by atoms with E-state index in [0.29, 0.717) is 5.96 Å². The van der Waals surface area contributed by atoms with E-state index in [1.165, 1.54) is 25.7 Å². The van der Waals surface area contributed by atoms with Gasteiger partial charge in [0, 0.05) is 26.2 Å². The number of aliphatic imine (C=N–C) groups is 1. The molecule has 20 heavy (non-hydrogen) atoms. The Morgan fingerprint density at radius 2 is 1.70 bits per heavy atom. The Morgan fingerprint density at radius 3 is 2.15 bits per heavy atom. The maximum absolute atomic E-state index is 9.23. The summed E-state index contributed by atoms with van der Waals surface area (Å²) < 4.78 is 0. The number of aliphatic hydroxyl groups is 1. The van der Waals surface area contributed by atoms with E-state index in [1.54, 1.807) is 0 Å². The van der Waals surface area contributed by atoms with Gasteiger partial charge in [0.1, 0.15) is 0 Å². The van der Waals surface area contributed by atoms with Gasteiger partial charge in [0.15, 0.2) is 5.96 Å². The number of aliphatic hydroxyl groups excluding tert-OH is 1. The standard InChI is InChI=1S/C15H31N3O.HI/c1-3-15(4-2,9-12-19)13-17-14(16)18-10-7-5-6-8-11-18;/h19H,3-13H2,1-2H3,(H2,16,17);1H. The first-order valence-electron chi connectivity index (χ1n) is 7.83. The average Bonchev–Trinajstić information content (AvgIpc) is 2.72. The molecule has 0 unspecified atom stereocenters. The molecule has 1 aliphatic heterocycles. The summed E-state index contributed by atoms with van der Waals surface area (Å²) in [7, 11) is 0. The van der Waals surface area contributed by atoms with Gasteiger partial charge >= 0.3 is 0 Å². The third-order valence-corrected chi connectivity index (χ3v) is 4.65. The summed E-state index contributed by atoms with van der Waals surface area (Å²) in [6, 6.07) is 0. The Morgan fingerprint density at radius 1 is 1.15 bits per heavy atom. The second-order valence-corrected chi connectivity index (χ2v) is 5.76. The molecule has 0 radical (unpaired) electrons. The van der Waals surface area contributed by atoms with E-state index in [-0.39, 0.29) is 36.0 Å². The minimum Gasteiger partial charge on any atom is -0.396 e. The van der Waals surface area contributed by atoms with Crippen molar-refractivity contribution in [1.29, 1.82) is 0 Å². The molecule has 0 bridgehead atoms. The van der Waals surface area contributed by atoms with E-state index in [2.05, 4.69) is 23.7 Å². The van der Waals surface area contributed by atoms with Crippen LogP contribution < -0.4 is 5.73 Å². The zero-order valence-corrected chi connectivity index (χ0v) is 15.4. The van der Waals surface area contributed by atoms with Crippen molar-refractivity contribution >= 4 is 29.9 Å². The topological polar surface area (TPSA) is 61.9 Å². The quantitative estimate of drug-likeness (QED) is 0.412. The van der Waals surface area contributed by atoms with Gasteiger partial charge < -0.3 is 15.7 Å². The predicted molar refractivity (Wildman–Crippen MR) is 96.7 cm³/mol. The fraction of sp³-hybridized carbons (Fsp3) is 0.933. The lowest BCUT2D eigenvalue weighted by Gasteiger charge is -2.30. The molecule has 1 rings (SSSR count). The van der Waals surface area contributed by atoms with E-state index < -0.39 is 0 Å². The minimum atomic E-state index is 0. The molecule has 4 nitrogen and oxygen atoms in total. The molecule has 3 N–H and O–H groups in total. The molecule has 1 heterocycles. The number of hydrogen-bond acceptors (Lipinski definition) is 2. The van der Waals surface area contributed by atoms with Crippen LogP contribution in [0.4, 0.5) is 0 Å². The van der Waals surface area contributed by atoms with Crippen molar-refractivity contribution in [2.24, 2.45) is 16.1 Å². The van der Waals surface area contributed by atoms with Crippen LogP contribution in [-0.4, -0.2) is 42.2 Å². The van der Waals surface area contributed by atoms with E-state index in [4.69, 9.17) is 5.73 Å². The van der Waals surface area contributed by atoms with Gasteiger partial charge in [-0.2, -0.15) is 0 Å². The van der Waals surface area contributed by atoms with Gasteiger partial charge in [-0.05, 0) is 37.5 Å². The molecule has 1 fully saturated rings. The molecule has 5 heteroatoms. The number of rotatable bonds is 6. The van der Waals surface area contributed by atoms with Gasteiger partial charge in [0.05, 0.1) is 0 Å². The maximum Gasteiger partial charge on any atom is 0.191 e. The van der Waals surface area contributed by atoms with Crippen molar-refractivity contribution in [1.82, 2.24) is 4.90 Å². The maximum atomic E-state index is 9.23. The van der Waals surface area contributed by atoms with Crippen LogP contribution in [0.5, 0.6) is 0 Å². The molecule has 1 aliphatic rings. The molecule has 0 atom stereocenters. The van der Waals surface area contributed by atoms with Crippen LogP contribution in [0.25, 0.3) is 0 Å².